The highest BCUT2D eigenvalue weighted by Crippen LogP contribution is 2.20. The number of nitrogens with two attached hydrogens (primary N) is 1. The van der Waals surface area contributed by atoms with Crippen molar-refractivity contribution in [1.82, 2.24) is 0 Å². The third-order valence-corrected chi connectivity index (χ3v) is 3.52. The molecule has 1 atom stereocenters. The van der Waals surface area contributed by atoms with Crippen molar-refractivity contribution in [3.63, 3.8) is 0 Å². The Morgan fingerprint density at radius 2 is 1.67 bits per heavy atom. The predicted molar refractivity (Wildman–Crippen MR) is 77.6 cm³/mol. The van der Waals surface area contributed by atoms with Crippen molar-refractivity contribution in [2.75, 3.05) is 0 Å². The lowest BCUT2D eigenvalue weighted by molar-refractivity contribution is 0.416. The number of aryl methyl sites for hydroxylation is 1. The van der Waals surface area contributed by atoms with E-state index >= 15 is 0 Å². The number of rotatable bonds is 10. The Kier molecular flexibility index (Phi) is 7.83. The Morgan fingerprint density at radius 3 is 2.28 bits per heavy atom. The summed E-state index contributed by atoms with van der Waals surface area (Å²) in [5.41, 5.74) is 6.13. The van der Waals surface area contributed by atoms with Crippen LogP contribution in [0.1, 0.15) is 82.8 Å². The van der Waals surface area contributed by atoms with E-state index in [9.17, 15) is 0 Å². The molecule has 0 spiro atoms. The third kappa shape index (κ3) is 5.72. The second kappa shape index (κ2) is 9.21. The molecule has 0 aliphatic rings. The van der Waals surface area contributed by atoms with Crippen LogP contribution in [0.25, 0.3) is 0 Å². The van der Waals surface area contributed by atoms with Gasteiger partial charge in [0.1, 0.15) is 11.5 Å². The molecule has 0 amide bonds. The molecule has 1 heterocycles. The van der Waals surface area contributed by atoms with Crippen LogP contribution in [0.4, 0.5) is 0 Å². The van der Waals surface area contributed by atoms with Crippen LogP contribution in [0, 0.1) is 0 Å². The SMILES string of the molecule is CCCCCCCCCC(N)c1ccc(CC)o1. The van der Waals surface area contributed by atoms with Gasteiger partial charge in [0.2, 0.25) is 0 Å². The predicted octanol–water partition coefficient (Wildman–Crippen LogP) is 4.98. The molecule has 1 aromatic rings. The molecule has 0 radical (unpaired) electrons. The highest BCUT2D eigenvalue weighted by Gasteiger charge is 2.09. The van der Waals surface area contributed by atoms with E-state index in [4.69, 9.17) is 10.2 Å². The first-order chi connectivity index (χ1) is 8.77. The van der Waals surface area contributed by atoms with Crippen LogP contribution < -0.4 is 5.73 Å². The van der Waals surface area contributed by atoms with Crippen molar-refractivity contribution in [2.24, 2.45) is 5.73 Å². The molecule has 2 heteroatoms. The van der Waals surface area contributed by atoms with Crippen molar-refractivity contribution in [3.8, 4) is 0 Å². The van der Waals surface area contributed by atoms with Gasteiger partial charge in [-0.2, -0.15) is 0 Å². The number of hydrogen-bond acceptors (Lipinski definition) is 2. The highest BCUT2D eigenvalue weighted by molar-refractivity contribution is 5.10. The van der Waals surface area contributed by atoms with Gasteiger partial charge < -0.3 is 10.2 Å². The summed E-state index contributed by atoms with van der Waals surface area (Å²) in [6.07, 6.45) is 11.3. The summed E-state index contributed by atoms with van der Waals surface area (Å²) >= 11 is 0. The minimum Gasteiger partial charge on any atom is -0.464 e. The second-order valence-corrected chi connectivity index (χ2v) is 5.17. The average Bonchev–Trinajstić information content (AvgIpc) is 2.86. The summed E-state index contributed by atoms with van der Waals surface area (Å²) in [4.78, 5) is 0. The normalized spacial score (nSPS) is 12.8. The van der Waals surface area contributed by atoms with Crippen LogP contribution in [0.2, 0.25) is 0 Å². The zero-order valence-electron chi connectivity index (χ0n) is 12.1. The van der Waals surface area contributed by atoms with Gasteiger partial charge in [-0.3, -0.25) is 0 Å². The van der Waals surface area contributed by atoms with E-state index < -0.39 is 0 Å². The molecule has 0 fully saturated rings. The topological polar surface area (TPSA) is 39.2 Å². The molecule has 0 aliphatic heterocycles. The zero-order valence-corrected chi connectivity index (χ0v) is 12.1. The summed E-state index contributed by atoms with van der Waals surface area (Å²) in [5, 5.41) is 0. The molecule has 1 unspecified atom stereocenters. The molecule has 1 rings (SSSR count). The van der Waals surface area contributed by atoms with E-state index in [1.165, 1.54) is 44.9 Å². The minimum absolute atomic E-state index is 0.0842. The van der Waals surface area contributed by atoms with E-state index in [1.807, 2.05) is 12.1 Å². The third-order valence-electron chi connectivity index (χ3n) is 3.52. The molecule has 1 aromatic heterocycles. The van der Waals surface area contributed by atoms with Crippen molar-refractivity contribution in [2.45, 2.75) is 77.7 Å². The van der Waals surface area contributed by atoms with Crippen LogP contribution in [-0.2, 0) is 6.42 Å². The Labute approximate surface area is 112 Å². The molecule has 2 nitrogen and oxygen atoms in total. The van der Waals surface area contributed by atoms with Crippen LogP contribution in [0.15, 0.2) is 16.5 Å². The Balaban J connectivity index is 2.08. The molecule has 104 valence electrons. The van der Waals surface area contributed by atoms with Gasteiger partial charge in [-0.05, 0) is 18.6 Å². The maximum absolute atomic E-state index is 6.13. The van der Waals surface area contributed by atoms with E-state index in [2.05, 4.69) is 13.8 Å². The summed E-state index contributed by atoms with van der Waals surface area (Å²) in [7, 11) is 0. The Hall–Kier alpha value is -0.760. The quantitative estimate of drug-likeness (QED) is 0.595. The maximum atomic E-state index is 6.13. The van der Waals surface area contributed by atoms with Gasteiger partial charge in [0.05, 0.1) is 6.04 Å². The lowest BCUT2D eigenvalue weighted by atomic mass is 10.0. The van der Waals surface area contributed by atoms with Gasteiger partial charge in [-0.15, -0.1) is 0 Å². The van der Waals surface area contributed by atoms with Crippen LogP contribution in [0.3, 0.4) is 0 Å². The summed E-state index contributed by atoms with van der Waals surface area (Å²) in [6, 6.07) is 4.16. The van der Waals surface area contributed by atoms with Crippen molar-refractivity contribution >= 4 is 0 Å². The average molecular weight is 251 g/mol. The maximum Gasteiger partial charge on any atom is 0.120 e. The van der Waals surface area contributed by atoms with Crippen LogP contribution >= 0.6 is 0 Å². The molecular weight excluding hydrogens is 222 g/mol. The van der Waals surface area contributed by atoms with E-state index in [-0.39, 0.29) is 6.04 Å². The van der Waals surface area contributed by atoms with E-state index in [1.54, 1.807) is 0 Å². The lowest BCUT2D eigenvalue weighted by Crippen LogP contribution is -2.08. The minimum atomic E-state index is 0.0842. The van der Waals surface area contributed by atoms with E-state index in [0.717, 1.165) is 24.4 Å². The first-order valence-electron chi connectivity index (χ1n) is 7.62. The number of hydrogen-bond donors (Lipinski definition) is 1. The monoisotopic (exact) mass is 251 g/mol. The van der Waals surface area contributed by atoms with Crippen molar-refractivity contribution in [3.05, 3.63) is 23.7 Å². The van der Waals surface area contributed by atoms with Gasteiger partial charge in [0.25, 0.3) is 0 Å². The zero-order chi connectivity index (χ0) is 13.2. The first-order valence-corrected chi connectivity index (χ1v) is 7.62. The standard InChI is InChI=1S/C16H29NO/c1-3-5-6-7-8-9-10-11-15(17)16-13-12-14(4-2)18-16/h12-13,15H,3-11,17H2,1-2H3. The Bertz CT molecular complexity index is 306. The molecule has 0 bridgehead atoms. The molecule has 2 N–H and O–H groups in total. The summed E-state index contributed by atoms with van der Waals surface area (Å²) in [6.45, 7) is 4.36. The molecule has 0 saturated carbocycles. The van der Waals surface area contributed by atoms with Crippen LogP contribution in [-0.4, -0.2) is 0 Å². The summed E-state index contributed by atoms with van der Waals surface area (Å²) in [5.74, 6) is 2.00. The van der Waals surface area contributed by atoms with Gasteiger partial charge in [-0.25, -0.2) is 0 Å². The van der Waals surface area contributed by atoms with Crippen molar-refractivity contribution in [1.29, 1.82) is 0 Å². The fourth-order valence-electron chi connectivity index (χ4n) is 2.25. The highest BCUT2D eigenvalue weighted by atomic mass is 16.3. The van der Waals surface area contributed by atoms with Gasteiger partial charge >= 0.3 is 0 Å². The van der Waals surface area contributed by atoms with Crippen LogP contribution in [0.5, 0.6) is 0 Å². The van der Waals surface area contributed by atoms with E-state index in [0.29, 0.717) is 0 Å². The summed E-state index contributed by atoms with van der Waals surface area (Å²) < 4.78 is 5.68. The van der Waals surface area contributed by atoms with Crippen molar-refractivity contribution < 1.29 is 4.42 Å². The number of unbranched alkanes of at least 4 members (excludes halogenated alkanes) is 6. The largest absolute Gasteiger partial charge is 0.464 e. The molecule has 0 aliphatic carbocycles. The van der Waals surface area contributed by atoms with Gasteiger partial charge in [0, 0.05) is 6.42 Å². The number of furan rings is 1. The first kappa shape index (κ1) is 15.3. The Morgan fingerprint density at radius 1 is 1.00 bits per heavy atom. The second-order valence-electron chi connectivity index (χ2n) is 5.17. The van der Waals surface area contributed by atoms with Gasteiger partial charge in [-0.1, -0.05) is 58.8 Å². The lowest BCUT2D eigenvalue weighted by Gasteiger charge is -2.08. The molecular formula is C16H29NO. The smallest absolute Gasteiger partial charge is 0.120 e. The molecule has 18 heavy (non-hydrogen) atoms. The fourth-order valence-corrected chi connectivity index (χ4v) is 2.25. The fraction of sp³-hybridized carbons (Fsp3) is 0.750. The van der Waals surface area contributed by atoms with Gasteiger partial charge in [0.15, 0.2) is 0 Å². The molecule has 0 aromatic carbocycles. The molecule has 0 saturated heterocycles.